The van der Waals surface area contributed by atoms with Crippen molar-refractivity contribution in [3.63, 3.8) is 0 Å². The number of aromatic nitrogens is 3. The molecule has 2 heterocycles. The van der Waals surface area contributed by atoms with Gasteiger partial charge in [0.25, 0.3) is 0 Å². The van der Waals surface area contributed by atoms with Gasteiger partial charge in [0, 0.05) is 32.8 Å². The van der Waals surface area contributed by atoms with Gasteiger partial charge in [0.05, 0.1) is 18.5 Å². The lowest BCUT2D eigenvalue weighted by molar-refractivity contribution is -0.140. The zero-order chi connectivity index (χ0) is 22.7. The van der Waals surface area contributed by atoms with E-state index in [4.69, 9.17) is 21.3 Å². The van der Waals surface area contributed by atoms with E-state index in [0.29, 0.717) is 17.3 Å². The summed E-state index contributed by atoms with van der Waals surface area (Å²) in [5.41, 5.74) is 3.45. The fourth-order valence-electron chi connectivity index (χ4n) is 3.60. The average Bonchev–Trinajstić information content (AvgIpc) is 3.16. The lowest BCUT2D eigenvalue weighted by Gasteiger charge is -2.14. The number of carbonyl (C=O) groups excluding carboxylic acids is 1. The topological polar surface area (TPSA) is 69.4 Å². The van der Waals surface area contributed by atoms with E-state index in [2.05, 4.69) is 37.6 Å². The predicted molar refractivity (Wildman–Crippen MR) is 131 cm³/mol. The molecule has 4 rings (SSSR count). The maximum Gasteiger partial charge on any atom is 0.305 e. The highest BCUT2D eigenvalue weighted by atomic mass is 79.9. The van der Waals surface area contributed by atoms with E-state index in [1.807, 2.05) is 42.5 Å². The highest BCUT2D eigenvalue weighted by Crippen LogP contribution is 2.37. The number of halogens is 2. The fraction of sp³-hybridized carbons (Fsp3) is 0.304. The van der Waals surface area contributed by atoms with Crippen LogP contribution in [0.25, 0.3) is 5.69 Å². The third-order valence-corrected chi connectivity index (χ3v) is 7.07. The van der Waals surface area contributed by atoms with Crippen LogP contribution in [0.2, 0.25) is 5.02 Å². The molecule has 6 nitrogen and oxygen atoms in total. The van der Waals surface area contributed by atoms with Gasteiger partial charge in [-0.1, -0.05) is 64.4 Å². The van der Waals surface area contributed by atoms with Crippen LogP contribution in [-0.4, -0.2) is 39.3 Å². The summed E-state index contributed by atoms with van der Waals surface area (Å²) in [4.78, 5) is 17.0. The largest absolute Gasteiger partial charge is 0.469 e. The minimum Gasteiger partial charge on any atom is -0.469 e. The number of fused-ring (bicyclic) bond motifs is 3. The standard InChI is InChI=1S/C23H22BrClN4O2S/c1-3-12-32-23-28-27-22-18(9-11-20(30)31-2)26-21(15-6-4-5-7-17(15)25)16-13-14(24)8-10-19(16)29(22)23/h4-8,10,13,18H,3,9,11-12H2,1-2H3/t18-/m0/s1. The number of nitrogens with zero attached hydrogens (tertiary/aromatic N) is 4. The van der Waals surface area contributed by atoms with Crippen molar-refractivity contribution in [1.29, 1.82) is 0 Å². The summed E-state index contributed by atoms with van der Waals surface area (Å²) >= 11 is 11.9. The molecule has 9 heteroatoms. The normalized spacial score (nSPS) is 14.9. The first-order valence-electron chi connectivity index (χ1n) is 10.3. The van der Waals surface area contributed by atoms with Crippen molar-refractivity contribution in [3.05, 3.63) is 68.9 Å². The summed E-state index contributed by atoms with van der Waals surface area (Å²) in [7, 11) is 1.39. The van der Waals surface area contributed by atoms with E-state index in [1.165, 1.54) is 7.11 Å². The average molecular weight is 534 g/mol. The van der Waals surface area contributed by atoms with Crippen molar-refractivity contribution in [1.82, 2.24) is 14.8 Å². The molecule has 32 heavy (non-hydrogen) atoms. The number of benzene rings is 2. The minimum atomic E-state index is -0.380. The maximum atomic E-state index is 11.9. The van der Waals surface area contributed by atoms with Crippen LogP contribution in [0.5, 0.6) is 0 Å². The number of esters is 1. The van der Waals surface area contributed by atoms with Crippen LogP contribution in [-0.2, 0) is 9.53 Å². The van der Waals surface area contributed by atoms with E-state index in [0.717, 1.165) is 44.3 Å². The second-order valence-corrected chi connectivity index (χ2v) is 9.66. The molecule has 166 valence electrons. The zero-order valence-electron chi connectivity index (χ0n) is 17.7. The maximum absolute atomic E-state index is 11.9. The number of thioether (sulfide) groups is 1. The molecule has 2 aromatic carbocycles. The molecule has 0 spiro atoms. The van der Waals surface area contributed by atoms with Gasteiger partial charge in [0.1, 0.15) is 6.04 Å². The molecular formula is C23H22BrClN4O2S. The molecule has 0 amide bonds. The van der Waals surface area contributed by atoms with Crippen molar-refractivity contribution in [3.8, 4) is 5.69 Å². The molecule has 1 aromatic heterocycles. The summed E-state index contributed by atoms with van der Waals surface area (Å²) in [6.07, 6.45) is 1.70. The predicted octanol–water partition coefficient (Wildman–Crippen LogP) is 6.03. The minimum absolute atomic E-state index is 0.227. The Kier molecular flexibility index (Phi) is 7.33. The van der Waals surface area contributed by atoms with E-state index < -0.39 is 0 Å². The van der Waals surface area contributed by atoms with Crippen molar-refractivity contribution in [2.75, 3.05) is 12.9 Å². The van der Waals surface area contributed by atoms with Gasteiger partial charge in [-0.3, -0.25) is 14.4 Å². The summed E-state index contributed by atoms with van der Waals surface area (Å²) in [5.74, 6) is 1.35. The first kappa shape index (κ1) is 23.0. The Balaban J connectivity index is 1.94. The van der Waals surface area contributed by atoms with Gasteiger partial charge in [-0.05, 0) is 37.1 Å². The first-order chi connectivity index (χ1) is 15.5. The smallest absolute Gasteiger partial charge is 0.305 e. The number of hydrogen-bond acceptors (Lipinski definition) is 6. The highest BCUT2D eigenvalue weighted by molar-refractivity contribution is 9.10. The molecule has 0 unspecified atom stereocenters. The van der Waals surface area contributed by atoms with Crippen LogP contribution in [0.15, 0.2) is 57.1 Å². The Morgan fingerprint density at radius 3 is 2.78 bits per heavy atom. The van der Waals surface area contributed by atoms with Crippen molar-refractivity contribution in [2.24, 2.45) is 4.99 Å². The summed E-state index contributed by atoms with van der Waals surface area (Å²) in [6.45, 7) is 2.13. The highest BCUT2D eigenvalue weighted by Gasteiger charge is 2.30. The molecule has 0 fully saturated rings. The van der Waals surface area contributed by atoms with Crippen molar-refractivity contribution >= 4 is 51.0 Å². The van der Waals surface area contributed by atoms with E-state index in [-0.39, 0.29) is 18.4 Å². The molecule has 0 bridgehead atoms. The fourth-order valence-corrected chi connectivity index (χ4v) is 5.00. The molecular weight excluding hydrogens is 512 g/mol. The number of carbonyl (C=O) groups is 1. The number of aliphatic imine (C=N–C) groups is 1. The quantitative estimate of drug-likeness (QED) is 0.274. The lowest BCUT2D eigenvalue weighted by Crippen LogP contribution is -2.09. The molecule has 0 saturated carbocycles. The second kappa shape index (κ2) is 10.2. The molecule has 0 N–H and O–H groups in total. The number of ether oxygens (including phenoxy) is 1. The SMILES string of the molecule is CCCSc1nnc2n1-c1ccc(Br)cc1C(c1ccccc1Cl)=N[C@H]2CCC(=O)OC. The van der Waals surface area contributed by atoms with Crippen LogP contribution < -0.4 is 0 Å². The van der Waals surface area contributed by atoms with Gasteiger partial charge in [0.2, 0.25) is 0 Å². The number of hydrogen-bond donors (Lipinski definition) is 0. The van der Waals surface area contributed by atoms with Gasteiger partial charge < -0.3 is 4.74 Å². The Morgan fingerprint density at radius 2 is 2.03 bits per heavy atom. The van der Waals surface area contributed by atoms with E-state index in [9.17, 15) is 4.79 Å². The zero-order valence-corrected chi connectivity index (χ0v) is 20.9. The summed E-state index contributed by atoms with van der Waals surface area (Å²) < 4.78 is 7.86. The molecule has 1 atom stereocenters. The molecule has 0 saturated heterocycles. The number of methoxy groups -OCH3 is 1. The summed E-state index contributed by atoms with van der Waals surface area (Å²) in [5, 5.41) is 10.4. The lowest BCUT2D eigenvalue weighted by atomic mass is 10.00. The van der Waals surface area contributed by atoms with Gasteiger partial charge in [0.15, 0.2) is 11.0 Å². The molecule has 3 aromatic rings. The van der Waals surface area contributed by atoms with E-state index >= 15 is 0 Å². The first-order valence-corrected chi connectivity index (χ1v) is 12.5. The van der Waals surface area contributed by atoms with Gasteiger partial charge in [-0.15, -0.1) is 10.2 Å². The second-order valence-electron chi connectivity index (χ2n) is 7.27. The van der Waals surface area contributed by atoms with Gasteiger partial charge in [-0.2, -0.15) is 0 Å². The third-order valence-electron chi connectivity index (χ3n) is 5.11. The van der Waals surface area contributed by atoms with Crippen LogP contribution in [0.3, 0.4) is 0 Å². The molecule has 1 aliphatic heterocycles. The molecule has 0 radical (unpaired) electrons. The van der Waals surface area contributed by atoms with Crippen LogP contribution in [0.1, 0.15) is 49.2 Å². The van der Waals surface area contributed by atoms with Crippen LogP contribution in [0, 0.1) is 0 Å². The molecule has 0 aliphatic carbocycles. The van der Waals surface area contributed by atoms with E-state index in [1.54, 1.807) is 11.8 Å². The van der Waals surface area contributed by atoms with Gasteiger partial charge in [-0.25, -0.2) is 0 Å². The Bertz CT molecular complexity index is 1180. The Morgan fingerprint density at radius 1 is 1.22 bits per heavy atom. The van der Waals surface area contributed by atoms with Gasteiger partial charge >= 0.3 is 5.97 Å². The molecule has 1 aliphatic rings. The van der Waals surface area contributed by atoms with Crippen LogP contribution in [0.4, 0.5) is 0 Å². The van der Waals surface area contributed by atoms with Crippen molar-refractivity contribution in [2.45, 2.75) is 37.4 Å². The monoisotopic (exact) mass is 532 g/mol. The third kappa shape index (κ3) is 4.63. The number of rotatable bonds is 7. The Labute approximate surface area is 204 Å². The van der Waals surface area contributed by atoms with Crippen molar-refractivity contribution < 1.29 is 9.53 Å². The summed E-state index contributed by atoms with van der Waals surface area (Å²) in [6, 6.07) is 13.4. The Hall–Kier alpha value is -2.16. The van der Waals surface area contributed by atoms with Crippen LogP contribution >= 0.6 is 39.3 Å².